The molecule has 6 nitrogen and oxygen atoms in total. The zero-order valence-electron chi connectivity index (χ0n) is 11.7. The summed E-state index contributed by atoms with van der Waals surface area (Å²) in [7, 11) is 2.10. The monoisotopic (exact) mass is 297 g/mol. The summed E-state index contributed by atoms with van der Waals surface area (Å²) in [6.45, 7) is 2.82. The topological polar surface area (TPSA) is 75.4 Å². The number of nitrogens with zero attached hydrogens (tertiary/aromatic N) is 3. The molecule has 0 radical (unpaired) electrons. The van der Waals surface area contributed by atoms with Gasteiger partial charge in [0.1, 0.15) is 0 Å². The average Bonchev–Trinajstić information content (AvgIpc) is 3.22. The van der Waals surface area contributed by atoms with Gasteiger partial charge in [0.15, 0.2) is 5.16 Å². The van der Waals surface area contributed by atoms with E-state index in [1.165, 1.54) is 18.9 Å². The van der Waals surface area contributed by atoms with Crippen LogP contribution in [0, 0.1) is 0 Å². The second kappa shape index (κ2) is 6.41. The van der Waals surface area contributed by atoms with Crippen molar-refractivity contribution in [3.05, 3.63) is 22.6 Å². The van der Waals surface area contributed by atoms with E-state index >= 15 is 0 Å². The summed E-state index contributed by atoms with van der Waals surface area (Å²) in [5.74, 6) is -1.01. The Balaban J connectivity index is 2.08. The molecule has 1 N–H and O–H groups in total. The molecule has 0 bridgehead atoms. The van der Waals surface area contributed by atoms with Gasteiger partial charge in [-0.2, -0.15) is 4.98 Å². The molecule has 1 atom stereocenters. The van der Waals surface area contributed by atoms with Crippen molar-refractivity contribution in [1.82, 2.24) is 14.5 Å². The minimum atomic E-state index is -0.914. The number of aromatic nitrogens is 2. The van der Waals surface area contributed by atoms with Crippen LogP contribution in [0.5, 0.6) is 0 Å². The van der Waals surface area contributed by atoms with E-state index in [1.807, 2.05) is 4.57 Å². The highest BCUT2D eigenvalue weighted by molar-refractivity contribution is 7.99. The molecule has 1 unspecified atom stereocenters. The lowest BCUT2D eigenvalue weighted by Gasteiger charge is -2.26. The third-order valence-electron chi connectivity index (χ3n) is 3.45. The lowest BCUT2D eigenvalue weighted by molar-refractivity contribution is -0.133. The maximum atomic E-state index is 11.3. The van der Waals surface area contributed by atoms with Crippen molar-refractivity contribution < 1.29 is 9.90 Å². The average molecular weight is 297 g/mol. The molecule has 2 rings (SSSR count). The molecule has 0 spiro atoms. The molecule has 1 saturated carbocycles. The molecule has 0 amide bonds. The first-order valence-electron chi connectivity index (χ1n) is 6.61. The van der Waals surface area contributed by atoms with Crippen molar-refractivity contribution in [2.75, 3.05) is 12.8 Å². The lowest BCUT2D eigenvalue weighted by Crippen LogP contribution is -2.35. The van der Waals surface area contributed by atoms with Gasteiger partial charge in [0.2, 0.25) is 0 Å². The van der Waals surface area contributed by atoms with Gasteiger partial charge in [0, 0.05) is 30.9 Å². The Morgan fingerprint density at radius 3 is 2.95 bits per heavy atom. The van der Waals surface area contributed by atoms with E-state index < -0.39 is 5.97 Å². The zero-order chi connectivity index (χ0) is 14.7. The van der Waals surface area contributed by atoms with E-state index in [1.54, 1.807) is 6.20 Å². The Morgan fingerprint density at radius 2 is 2.35 bits per heavy atom. The van der Waals surface area contributed by atoms with Gasteiger partial charge in [-0.1, -0.05) is 11.8 Å². The first-order valence-corrected chi connectivity index (χ1v) is 7.60. The second-order valence-corrected chi connectivity index (χ2v) is 6.07. The van der Waals surface area contributed by atoms with Crippen LogP contribution in [0.2, 0.25) is 0 Å². The Kier molecular flexibility index (Phi) is 4.82. The Hall–Kier alpha value is -1.34. The first kappa shape index (κ1) is 15.1. The molecule has 110 valence electrons. The Bertz CT molecular complexity index is 542. The Morgan fingerprint density at radius 1 is 1.65 bits per heavy atom. The van der Waals surface area contributed by atoms with Crippen LogP contribution in [0.3, 0.4) is 0 Å². The molecule has 1 aliphatic carbocycles. The maximum absolute atomic E-state index is 11.3. The quantitative estimate of drug-likeness (QED) is 0.595. The number of likely N-dealkylation sites (N-methyl/N-ethyl adjacent to an activating group) is 1. The minimum Gasteiger partial charge on any atom is -0.481 e. The highest BCUT2D eigenvalue weighted by Crippen LogP contribution is 2.27. The van der Waals surface area contributed by atoms with Gasteiger partial charge in [-0.15, -0.1) is 0 Å². The van der Waals surface area contributed by atoms with Gasteiger partial charge in [0.05, 0.1) is 5.75 Å². The number of carboxylic acid groups (broad SMARTS) is 1. The van der Waals surface area contributed by atoms with Crippen LogP contribution < -0.4 is 5.56 Å². The summed E-state index contributed by atoms with van der Waals surface area (Å²) in [4.78, 5) is 28.2. The fourth-order valence-corrected chi connectivity index (χ4v) is 2.76. The van der Waals surface area contributed by atoms with Crippen LogP contribution in [-0.4, -0.2) is 50.4 Å². The zero-order valence-corrected chi connectivity index (χ0v) is 12.5. The standard InChI is InChI=1S/C13H19N3O3S/c1-9(15(2)10-3-4-10)7-16-6-5-11(17)14-13(16)20-8-12(18)19/h5-6,9-10H,3-4,7-8H2,1-2H3,(H,18,19). The number of thioether (sulfide) groups is 1. The minimum absolute atomic E-state index is 0.0939. The number of hydrogen-bond donors (Lipinski definition) is 1. The second-order valence-electron chi connectivity index (χ2n) is 5.13. The van der Waals surface area contributed by atoms with E-state index in [2.05, 4.69) is 23.9 Å². The number of hydrogen-bond acceptors (Lipinski definition) is 5. The van der Waals surface area contributed by atoms with E-state index in [-0.39, 0.29) is 11.3 Å². The molecule has 0 aliphatic heterocycles. The molecule has 7 heteroatoms. The highest BCUT2D eigenvalue weighted by atomic mass is 32.2. The summed E-state index contributed by atoms with van der Waals surface area (Å²) in [5, 5.41) is 9.21. The Labute approximate surface area is 121 Å². The van der Waals surface area contributed by atoms with Crippen LogP contribution >= 0.6 is 11.8 Å². The number of aliphatic carboxylic acids is 1. The fourth-order valence-electron chi connectivity index (χ4n) is 2.05. The summed E-state index contributed by atoms with van der Waals surface area (Å²) in [5.41, 5.74) is -0.336. The number of carbonyl (C=O) groups is 1. The molecule has 0 saturated heterocycles. The van der Waals surface area contributed by atoms with Crippen molar-refractivity contribution in [3.63, 3.8) is 0 Å². The van der Waals surface area contributed by atoms with Gasteiger partial charge >= 0.3 is 5.97 Å². The summed E-state index contributed by atoms with van der Waals surface area (Å²) >= 11 is 1.08. The maximum Gasteiger partial charge on any atom is 0.313 e. The predicted molar refractivity (Wildman–Crippen MR) is 77.1 cm³/mol. The van der Waals surface area contributed by atoms with Crippen LogP contribution in [0.25, 0.3) is 0 Å². The smallest absolute Gasteiger partial charge is 0.313 e. The number of rotatable bonds is 7. The molecule has 0 aromatic carbocycles. The molecular formula is C13H19N3O3S. The summed E-state index contributed by atoms with van der Waals surface area (Å²) < 4.78 is 1.86. The third-order valence-corrected chi connectivity index (χ3v) is 4.43. The van der Waals surface area contributed by atoms with Gasteiger partial charge in [-0.3, -0.25) is 14.5 Å². The normalized spacial score (nSPS) is 16.4. The van der Waals surface area contributed by atoms with Gasteiger partial charge in [0.25, 0.3) is 5.56 Å². The third kappa shape index (κ3) is 4.08. The van der Waals surface area contributed by atoms with E-state index in [9.17, 15) is 9.59 Å². The first-order chi connectivity index (χ1) is 9.47. The van der Waals surface area contributed by atoms with E-state index in [0.717, 1.165) is 11.8 Å². The number of carboxylic acids is 1. The molecule has 1 aliphatic rings. The van der Waals surface area contributed by atoms with Crippen LogP contribution in [-0.2, 0) is 11.3 Å². The summed E-state index contributed by atoms with van der Waals surface area (Å²) in [6, 6.07) is 2.39. The van der Waals surface area contributed by atoms with Crippen LogP contribution in [0.1, 0.15) is 19.8 Å². The van der Waals surface area contributed by atoms with Gasteiger partial charge < -0.3 is 9.67 Å². The van der Waals surface area contributed by atoms with E-state index in [0.29, 0.717) is 23.8 Å². The van der Waals surface area contributed by atoms with Crippen LogP contribution in [0.4, 0.5) is 0 Å². The SMILES string of the molecule is CC(Cn1ccc(=O)nc1SCC(=O)O)N(C)C1CC1. The van der Waals surface area contributed by atoms with Crippen molar-refractivity contribution in [1.29, 1.82) is 0 Å². The predicted octanol–water partition coefficient (Wildman–Crippen LogP) is 0.903. The van der Waals surface area contributed by atoms with Gasteiger partial charge in [-0.25, -0.2) is 0 Å². The van der Waals surface area contributed by atoms with Crippen molar-refractivity contribution in [2.45, 2.75) is 43.6 Å². The molecule has 20 heavy (non-hydrogen) atoms. The molecule has 1 aromatic heterocycles. The van der Waals surface area contributed by atoms with Gasteiger partial charge in [-0.05, 0) is 26.8 Å². The summed E-state index contributed by atoms with van der Waals surface area (Å²) in [6.07, 6.45) is 4.17. The van der Waals surface area contributed by atoms with Crippen molar-refractivity contribution in [2.24, 2.45) is 0 Å². The molecule has 1 heterocycles. The molecule has 1 aromatic rings. The molecule has 1 fully saturated rings. The highest BCUT2D eigenvalue weighted by Gasteiger charge is 2.29. The van der Waals surface area contributed by atoms with Crippen molar-refractivity contribution >= 4 is 17.7 Å². The molecular weight excluding hydrogens is 278 g/mol. The lowest BCUT2D eigenvalue weighted by atomic mass is 10.3. The fraction of sp³-hybridized carbons (Fsp3) is 0.615. The largest absolute Gasteiger partial charge is 0.481 e. The van der Waals surface area contributed by atoms with E-state index in [4.69, 9.17) is 5.11 Å². The van der Waals surface area contributed by atoms with Crippen molar-refractivity contribution in [3.8, 4) is 0 Å². The van der Waals surface area contributed by atoms with Crippen LogP contribution in [0.15, 0.2) is 22.2 Å².